The van der Waals surface area contributed by atoms with E-state index in [0.29, 0.717) is 11.6 Å². The number of halogens is 2. The summed E-state index contributed by atoms with van der Waals surface area (Å²) in [7, 11) is 0. The zero-order valence-electron chi connectivity index (χ0n) is 10.9. The van der Waals surface area contributed by atoms with E-state index in [-0.39, 0.29) is 12.4 Å². The maximum Gasteiger partial charge on any atom is 0.123 e. The van der Waals surface area contributed by atoms with Crippen LogP contribution in [0.1, 0.15) is 16.7 Å². The van der Waals surface area contributed by atoms with Crippen LogP contribution in [0, 0.1) is 5.82 Å². The van der Waals surface area contributed by atoms with E-state index >= 15 is 0 Å². The smallest absolute Gasteiger partial charge is 0.123 e. The average Bonchev–Trinajstić information content (AvgIpc) is 2.46. The highest BCUT2D eigenvalue weighted by Crippen LogP contribution is 2.28. The zero-order chi connectivity index (χ0) is 14.1. The number of aliphatic hydroxyl groups is 1. The van der Waals surface area contributed by atoms with Crippen molar-refractivity contribution in [1.82, 2.24) is 0 Å². The first kappa shape index (κ1) is 13.4. The first-order chi connectivity index (χ1) is 9.67. The Morgan fingerprint density at radius 3 is 2.75 bits per heavy atom. The van der Waals surface area contributed by atoms with E-state index in [0.717, 1.165) is 29.8 Å². The third-order valence-corrected chi connectivity index (χ3v) is 4.10. The molecule has 1 aliphatic heterocycles. The van der Waals surface area contributed by atoms with Crippen LogP contribution >= 0.6 is 11.6 Å². The van der Waals surface area contributed by atoms with E-state index in [9.17, 15) is 4.39 Å². The molecule has 2 aromatic carbocycles. The summed E-state index contributed by atoms with van der Waals surface area (Å²) in [5.41, 5.74) is 3.96. The summed E-state index contributed by atoms with van der Waals surface area (Å²) in [5, 5.41) is 9.71. The number of rotatable bonds is 2. The third kappa shape index (κ3) is 2.51. The van der Waals surface area contributed by atoms with Gasteiger partial charge in [0.15, 0.2) is 0 Å². The largest absolute Gasteiger partial charge is 0.392 e. The Morgan fingerprint density at radius 2 is 2.00 bits per heavy atom. The predicted molar refractivity (Wildman–Crippen MR) is 78.5 cm³/mol. The van der Waals surface area contributed by atoms with Gasteiger partial charge in [0.2, 0.25) is 0 Å². The first-order valence-corrected chi connectivity index (χ1v) is 6.96. The normalized spacial score (nSPS) is 14.2. The molecule has 2 nitrogen and oxygen atoms in total. The Balaban J connectivity index is 1.88. The quantitative estimate of drug-likeness (QED) is 0.915. The van der Waals surface area contributed by atoms with Crippen molar-refractivity contribution in [2.24, 2.45) is 0 Å². The maximum atomic E-state index is 13.3. The molecule has 0 amide bonds. The summed E-state index contributed by atoms with van der Waals surface area (Å²) < 4.78 is 13.3. The van der Waals surface area contributed by atoms with Crippen molar-refractivity contribution >= 4 is 17.3 Å². The van der Waals surface area contributed by atoms with E-state index in [2.05, 4.69) is 4.90 Å². The van der Waals surface area contributed by atoms with Crippen LogP contribution in [-0.2, 0) is 19.6 Å². The molecule has 0 saturated heterocycles. The lowest BCUT2D eigenvalue weighted by atomic mass is 9.99. The van der Waals surface area contributed by atoms with Crippen molar-refractivity contribution < 1.29 is 9.50 Å². The van der Waals surface area contributed by atoms with Gasteiger partial charge in [-0.1, -0.05) is 23.7 Å². The van der Waals surface area contributed by atoms with Gasteiger partial charge in [-0.2, -0.15) is 0 Å². The number of nitrogens with zero attached hydrogens (tertiary/aromatic N) is 1. The molecular formula is C16H15ClFNO. The fourth-order valence-electron chi connectivity index (χ4n) is 2.61. The second kappa shape index (κ2) is 5.43. The van der Waals surface area contributed by atoms with Gasteiger partial charge in [-0.05, 0) is 47.4 Å². The summed E-state index contributed by atoms with van der Waals surface area (Å²) >= 11 is 6.13. The van der Waals surface area contributed by atoms with Gasteiger partial charge < -0.3 is 10.0 Å². The van der Waals surface area contributed by atoms with Crippen LogP contribution in [0.3, 0.4) is 0 Å². The molecule has 0 fully saturated rings. The first-order valence-electron chi connectivity index (χ1n) is 6.59. The van der Waals surface area contributed by atoms with Crippen LogP contribution in [0.5, 0.6) is 0 Å². The highest BCUT2D eigenvalue weighted by Gasteiger charge is 2.17. The molecule has 20 heavy (non-hydrogen) atoms. The van der Waals surface area contributed by atoms with E-state index < -0.39 is 0 Å². The Bertz CT molecular complexity index is 644. The van der Waals surface area contributed by atoms with Crippen molar-refractivity contribution in [2.45, 2.75) is 19.6 Å². The van der Waals surface area contributed by atoms with Gasteiger partial charge in [-0.15, -0.1) is 0 Å². The highest BCUT2D eigenvalue weighted by atomic mass is 35.5. The Labute approximate surface area is 122 Å². The van der Waals surface area contributed by atoms with Crippen molar-refractivity contribution in [1.29, 1.82) is 0 Å². The van der Waals surface area contributed by atoms with Crippen LogP contribution in [0.15, 0.2) is 36.4 Å². The van der Waals surface area contributed by atoms with Crippen LogP contribution in [0.2, 0.25) is 5.02 Å². The van der Waals surface area contributed by atoms with Crippen LogP contribution in [-0.4, -0.2) is 11.7 Å². The topological polar surface area (TPSA) is 23.5 Å². The van der Waals surface area contributed by atoms with E-state index in [4.69, 9.17) is 16.7 Å². The van der Waals surface area contributed by atoms with Crippen molar-refractivity contribution in [3.05, 3.63) is 63.9 Å². The molecule has 0 unspecified atom stereocenters. The maximum absolute atomic E-state index is 13.3. The number of hydrogen-bond acceptors (Lipinski definition) is 2. The molecule has 1 N–H and O–H groups in total. The lowest BCUT2D eigenvalue weighted by molar-refractivity contribution is 0.282. The van der Waals surface area contributed by atoms with E-state index in [1.807, 2.05) is 24.3 Å². The second-order valence-electron chi connectivity index (χ2n) is 5.02. The fraction of sp³-hybridized carbons (Fsp3) is 0.250. The average molecular weight is 292 g/mol. The molecule has 0 spiro atoms. The van der Waals surface area contributed by atoms with Gasteiger partial charge >= 0.3 is 0 Å². The number of hydrogen-bond donors (Lipinski definition) is 1. The number of benzene rings is 2. The highest BCUT2D eigenvalue weighted by molar-refractivity contribution is 6.31. The third-order valence-electron chi connectivity index (χ3n) is 3.75. The van der Waals surface area contributed by atoms with E-state index in [1.165, 1.54) is 11.6 Å². The molecule has 0 radical (unpaired) electrons. The van der Waals surface area contributed by atoms with Crippen molar-refractivity contribution in [2.75, 3.05) is 11.4 Å². The lowest BCUT2D eigenvalue weighted by Crippen LogP contribution is -2.30. The van der Waals surface area contributed by atoms with E-state index in [1.54, 1.807) is 6.07 Å². The predicted octanol–water partition coefficient (Wildman–Crippen LogP) is 3.53. The molecule has 2 aromatic rings. The van der Waals surface area contributed by atoms with Crippen molar-refractivity contribution in [3.8, 4) is 0 Å². The van der Waals surface area contributed by atoms with Gasteiger partial charge in [0.25, 0.3) is 0 Å². The molecule has 104 valence electrons. The summed E-state index contributed by atoms with van der Waals surface area (Å²) in [6, 6.07) is 10.6. The summed E-state index contributed by atoms with van der Waals surface area (Å²) in [6.07, 6.45) is 0.898. The molecule has 0 atom stereocenters. The standard InChI is InChI=1S/C16H15ClFNO/c17-16-8-15(4-2-12(16)10-20)19-6-5-11-1-3-14(18)7-13(11)9-19/h1-4,7-8,20H,5-6,9-10H2. The molecule has 0 saturated carbocycles. The summed E-state index contributed by atoms with van der Waals surface area (Å²) in [4.78, 5) is 2.18. The monoisotopic (exact) mass is 291 g/mol. The SMILES string of the molecule is OCc1ccc(N2CCc3ccc(F)cc3C2)cc1Cl. The minimum absolute atomic E-state index is 0.0623. The molecule has 4 heteroatoms. The summed E-state index contributed by atoms with van der Waals surface area (Å²) in [5.74, 6) is -0.195. The molecule has 0 bridgehead atoms. The van der Waals surface area contributed by atoms with Gasteiger partial charge in [0.1, 0.15) is 5.82 Å². The fourth-order valence-corrected chi connectivity index (χ4v) is 2.84. The van der Waals surface area contributed by atoms with Gasteiger partial charge in [0, 0.05) is 23.8 Å². The molecule has 1 heterocycles. The number of fused-ring (bicyclic) bond motifs is 1. The van der Waals surface area contributed by atoms with Gasteiger partial charge in [-0.25, -0.2) is 4.39 Å². The summed E-state index contributed by atoms with van der Waals surface area (Å²) in [6.45, 7) is 1.50. The van der Waals surface area contributed by atoms with Crippen molar-refractivity contribution in [3.63, 3.8) is 0 Å². The Kier molecular flexibility index (Phi) is 3.64. The van der Waals surface area contributed by atoms with Gasteiger partial charge in [-0.3, -0.25) is 0 Å². The number of anilines is 1. The molecule has 3 rings (SSSR count). The van der Waals surface area contributed by atoms with Crippen LogP contribution < -0.4 is 4.90 Å². The minimum atomic E-state index is -0.195. The van der Waals surface area contributed by atoms with Crippen LogP contribution in [0.4, 0.5) is 10.1 Å². The molecule has 1 aliphatic rings. The van der Waals surface area contributed by atoms with Crippen LogP contribution in [0.25, 0.3) is 0 Å². The number of aliphatic hydroxyl groups excluding tert-OH is 1. The Hall–Kier alpha value is -1.58. The minimum Gasteiger partial charge on any atom is -0.392 e. The second-order valence-corrected chi connectivity index (χ2v) is 5.43. The zero-order valence-corrected chi connectivity index (χ0v) is 11.7. The molecular weight excluding hydrogens is 277 g/mol. The molecule has 0 aliphatic carbocycles. The van der Waals surface area contributed by atoms with Gasteiger partial charge in [0.05, 0.1) is 6.61 Å². The Morgan fingerprint density at radius 1 is 1.15 bits per heavy atom. The lowest BCUT2D eigenvalue weighted by Gasteiger charge is -2.31. The molecule has 0 aromatic heterocycles.